The fraction of sp³-hybridized carbons (Fsp3) is 0.125. The SMILES string of the molecule is Cc1ccc2c(=O)c3cccc(CC(=O)N/N=C\c4ccccc4O)c3oc2c1C. The number of para-hydroxylation sites is 2. The second-order valence-corrected chi connectivity index (χ2v) is 7.14. The maximum absolute atomic E-state index is 12.9. The number of hydrazone groups is 1. The van der Waals surface area contributed by atoms with E-state index in [4.69, 9.17) is 4.42 Å². The maximum Gasteiger partial charge on any atom is 0.244 e. The molecular formula is C24H20N2O4. The summed E-state index contributed by atoms with van der Waals surface area (Å²) in [7, 11) is 0. The van der Waals surface area contributed by atoms with Gasteiger partial charge in [-0.2, -0.15) is 5.10 Å². The molecule has 0 bridgehead atoms. The number of aryl methyl sites for hydroxylation is 2. The summed E-state index contributed by atoms with van der Waals surface area (Å²) in [6.07, 6.45) is 1.37. The number of benzene rings is 3. The van der Waals surface area contributed by atoms with E-state index in [9.17, 15) is 14.7 Å². The largest absolute Gasteiger partial charge is 0.507 e. The summed E-state index contributed by atoms with van der Waals surface area (Å²) in [5, 5.41) is 14.6. The first kappa shape index (κ1) is 19.4. The van der Waals surface area contributed by atoms with Crippen LogP contribution in [0.25, 0.3) is 21.9 Å². The molecule has 0 saturated heterocycles. The molecule has 6 heteroatoms. The van der Waals surface area contributed by atoms with E-state index in [0.29, 0.717) is 33.1 Å². The van der Waals surface area contributed by atoms with E-state index in [2.05, 4.69) is 10.5 Å². The summed E-state index contributed by atoms with van der Waals surface area (Å²) in [4.78, 5) is 25.3. The molecule has 2 N–H and O–H groups in total. The molecule has 0 spiro atoms. The number of phenols is 1. The van der Waals surface area contributed by atoms with Crippen LogP contribution < -0.4 is 10.9 Å². The zero-order valence-corrected chi connectivity index (χ0v) is 16.6. The minimum absolute atomic E-state index is 0.00520. The molecule has 150 valence electrons. The van der Waals surface area contributed by atoms with Gasteiger partial charge in [0.15, 0.2) is 0 Å². The van der Waals surface area contributed by atoms with Crippen molar-refractivity contribution < 1.29 is 14.3 Å². The van der Waals surface area contributed by atoms with E-state index in [1.165, 1.54) is 12.3 Å². The molecule has 1 amide bonds. The number of phenolic OH excluding ortho intramolecular Hbond substituents is 1. The number of nitrogens with one attached hydrogen (secondary N) is 1. The number of hydrogen-bond donors (Lipinski definition) is 2. The van der Waals surface area contributed by atoms with Gasteiger partial charge in [-0.1, -0.05) is 30.3 Å². The number of rotatable bonds is 4. The molecule has 0 aliphatic carbocycles. The van der Waals surface area contributed by atoms with Gasteiger partial charge >= 0.3 is 0 Å². The third kappa shape index (κ3) is 3.55. The molecule has 1 aromatic heterocycles. The Morgan fingerprint density at radius 3 is 2.60 bits per heavy atom. The molecule has 30 heavy (non-hydrogen) atoms. The normalized spacial score (nSPS) is 11.4. The third-order valence-electron chi connectivity index (χ3n) is 5.15. The van der Waals surface area contributed by atoms with Crippen molar-refractivity contribution in [3.8, 4) is 5.75 Å². The highest BCUT2D eigenvalue weighted by atomic mass is 16.3. The predicted octanol–water partition coefficient (Wildman–Crippen LogP) is 3.96. The fourth-order valence-electron chi connectivity index (χ4n) is 3.35. The third-order valence-corrected chi connectivity index (χ3v) is 5.15. The van der Waals surface area contributed by atoms with Crippen molar-refractivity contribution in [1.29, 1.82) is 0 Å². The Balaban J connectivity index is 1.66. The van der Waals surface area contributed by atoms with Crippen LogP contribution >= 0.6 is 0 Å². The minimum Gasteiger partial charge on any atom is -0.507 e. The van der Waals surface area contributed by atoms with E-state index < -0.39 is 0 Å². The highest BCUT2D eigenvalue weighted by molar-refractivity contribution is 5.94. The first-order valence-electron chi connectivity index (χ1n) is 9.50. The molecule has 0 atom stereocenters. The number of carbonyl (C=O) groups excluding carboxylic acids is 1. The number of hydrogen-bond acceptors (Lipinski definition) is 5. The Labute approximate surface area is 172 Å². The molecule has 0 unspecified atom stereocenters. The summed E-state index contributed by atoms with van der Waals surface area (Å²) < 4.78 is 6.11. The predicted molar refractivity (Wildman–Crippen MR) is 117 cm³/mol. The lowest BCUT2D eigenvalue weighted by Crippen LogP contribution is -2.20. The summed E-state index contributed by atoms with van der Waals surface area (Å²) in [5.74, 6) is -0.290. The van der Waals surface area contributed by atoms with Crippen LogP contribution in [0.3, 0.4) is 0 Å². The average molecular weight is 400 g/mol. The van der Waals surface area contributed by atoms with Gasteiger partial charge < -0.3 is 9.52 Å². The first-order valence-corrected chi connectivity index (χ1v) is 9.50. The molecule has 0 radical (unpaired) electrons. The molecule has 4 rings (SSSR count). The van der Waals surface area contributed by atoms with E-state index >= 15 is 0 Å². The van der Waals surface area contributed by atoms with Crippen LogP contribution in [0, 0.1) is 13.8 Å². The minimum atomic E-state index is -0.363. The molecule has 3 aromatic carbocycles. The summed E-state index contributed by atoms with van der Waals surface area (Å²) in [6, 6.07) is 15.6. The Morgan fingerprint density at radius 2 is 1.80 bits per heavy atom. The van der Waals surface area contributed by atoms with Crippen LogP contribution in [0.4, 0.5) is 0 Å². The number of fused-ring (bicyclic) bond motifs is 2. The maximum atomic E-state index is 12.9. The van der Waals surface area contributed by atoms with Gasteiger partial charge in [-0.15, -0.1) is 0 Å². The zero-order valence-electron chi connectivity index (χ0n) is 16.6. The van der Waals surface area contributed by atoms with Gasteiger partial charge in [0.1, 0.15) is 16.9 Å². The lowest BCUT2D eigenvalue weighted by molar-refractivity contribution is -0.120. The lowest BCUT2D eigenvalue weighted by atomic mass is 10.0. The molecule has 1 heterocycles. The van der Waals surface area contributed by atoms with Crippen LogP contribution in [0.15, 0.2) is 68.9 Å². The molecular weight excluding hydrogens is 380 g/mol. The van der Waals surface area contributed by atoms with Crippen LogP contribution in [0.5, 0.6) is 5.75 Å². The molecule has 0 aliphatic rings. The first-order chi connectivity index (χ1) is 14.5. The van der Waals surface area contributed by atoms with Gasteiger partial charge in [0.2, 0.25) is 11.3 Å². The number of carbonyl (C=O) groups is 1. The van der Waals surface area contributed by atoms with Gasteiger partial charge in [-0.25, -0.2) is 5.43 Å². The molecule has 0 aliphatic heterocycles. The van der Waals surface area contributed by atoms with Gasteiger partial charge in [-0.05, 0) is 49.2 Å². The monoisotopic (exact) mass is 400 g/mol. The van der Waals surface area contributed by atoms with Crippen molar-refractivity contribution in [2.75, 3.05) is 0 Å². The Kier molecular flexibility index (Phi) is 5.06. The topological polar surface area (TPSA) is 91.9 Å². The molecule has 0 fully saturated rings. The zero-order chi connectivity index (χ0) is 21.3. The Bertz CT molecular complexity index is 1370. The summed E-state index contributed by atoms with van der Waals surface area (Å²) >= 11 is 0. The van der Waals surface area contributed by atoms with Crippen molar-refractivity contribution in [2.45, 2.75) is 20.3 Å². The van der Waals surface area contributed by atoms with Crippen molar-refractivity contribution in [3.05, 3.63) is 87.1 Å². The number of amides is 1. The van der Waals surface area contributed by atoms with E-state index in [0.717, 1.165) is 11.1 Å². The van der Waals surface area contributed by atoms with Crippen LogP contribution in [0.1, 0.15) is 22.3 Å². The van der Waals surface area contributed by atoms with Crippen molar-refractivity contribution in [1.82, 2.24) is 5.43 Å². The van der Waals surface area contributed by atoms with Crippen molar-refractivity contribution in [3.63, 3.8) is 0 Å². The van der Waals surface area contributed by atoms with Crippen molar-refractivity contribution >= 4 is 34.1 Å². The standard InChI is InChI=1S/C24H20N2O4/c1-14-10-11-19-22(29)18-8-5-7-16(24(18)30-23(19)15(14)2)12-21(28)26-25-13-17-6-3-4-9-20(17)27/h3-11,13,27H,12H2,1-2H3,(H,26,28)/b25-13-. The average Bonchev–Trinajstić information content (AvgIpc) is 2.73. The molecule has 0 saturated carbocycles. The lowest BCUT2D eigenvalue weighted by Gasteiger charge is -2.09. The highest BCUT2D eigenvalue weighted by Crippen LogP contribution is 2.26. The second-order valence-electron chi connectivity index (χ2n) is 7.14. The fourth-order valence-corrected chi connectivity index (χ4v) is 3.35. The van der Waals surface area contributed by atoms with Gasteiger partial charge in [0, 0.05) is 11.1 Å². The van der Waals surface area contributed by atoms with Gasteiger partial charge in [-0.3, -0.25) is 9.59 Å². The number of nitrogens with zero attached hydrogens (tertiary/aromatic N) is 1. The summed E-state index contributed by atoms with van der Waals surface area (Å²) in [5.41, 5.74) is 6.29. The Morgan fingerprint density at radius 1 is 1.03 bits per heavy atom. The summed E-state index contributed by atoms with van der Waals surface area (Å²) in [6.45, 7) is 3.87. The van der Waals surface area contributed by atoms with Gasteiger partial charge in [0.05, 0.1) is 23.4 Å². The van der Waals surface area contributed by atoms with Gasteiger partial charge in [0.25, 0.3) is 0 Å². The van der Waals surface area contributed by atoms with E-state index in [1.807, 2.05) is 19.9 Å². The van der Waals surface area contributed by atoms with Crippen LogP contribution in [-0.2, 0) is 11.2 Å². The van der Waals surface area contributed by atoms with Crippen molar-refractivity contribution in [2.24, 2.45) is 5.10 Å². The molecule has 4 aromatic rings. The highest BCUT2D eigenvalue weighted by Gasteiger charge is 2.15. The smallest absolute Gasteiger partial charge is 0.244 e. The second kappa shape index (κ2) is 7.83. The quantitative estimate of drug-likeness (QED) is 0.308. The van der Waals surface area contributed by atoms with E-state index in [-0.39, 0.29) is 23.5 Å². The molecule has 6 nitrogen and oxygen atoms in total. The Hall–Kier alpha value is -3.93. The van der Waals surface area contributed by atoms with Crippen LogP contribution in [-0.4, -0.2) is 17.2 Å². The van der Waals surface area contributed by atoms with E-state index in [1.54, 1.807) is 42.5 Å². The van der Waals surface area contributed by atoms with Crippen LogP contribution in [0.2, 0.25) is 0 Å². The number of aromatic hydroxyl groups is 1.